The minimum absolute atomic E-state index is 0.169. The molecule has 0 bridgehead atoms. The lowest BCUT2D eigenvalue weighted by Crippen LogP contribution is -2.40. The predicted octanol–water partition coefficient (Wildman–Crippen LogP) is 1.29. The average molecular weight is 331 g/mol. The summed E-state index contributed by atoms with van der Waals surface area (Å²) in [6.07, 6.45) is 2.67. The van der Waals surface area contributed by atoms with Gasteiger partial charge in [0.05, 0.1) is 23.7 Å². The normalized spacial score (nSPS) is 16.0. The number of hydrogen-bond acceptors (Lipinski definition) is 6. The number of benzene rings is 1. The number of nitrogens with zero attached hydrogens (tertiary/aromatic N) is 2. The van der Waals surface area contributed by atoms with Crippen LogP contribution in [0.3, 0.4) is 0 Å². The number of hydrogen-bond donors (Lipinski definition) is 1. The first kappa shape index (κ1) is 15.8. The minimum Gasteiger partial charge on any atom is -0.463 e. The molecule has 1 aromatic heterocycles. The number of nitrogens with one attached hydrogen (secondary N) is 1. The molecule has 0 unspecified atom stereocenters. The Bertz CT molecular complexity index is 781. The van der Waals surface area contributed by atoms with E-state index < -0.39 is 0 Å². The Morgan fingerprint density at radius 1 is 1.35 bits per heavy atom. The highest BCUT2D eigenvalue weighted by Crippen LogP contribution is 2.09. The van der Waals surface area contributed by atoms with Crippen LogP contribution in [0.25, 0.3) is 11.0 Å². The molecule has 2 aromatic rings. The second kappa shape index (κ2) is 7.43. The van der Waals surface area contributed by atoms with Gasteiger partial charge in [0.1, 0.15) is 11.8 Å². The molecule has 0 spiro atoms. The van der Waals surface area contributed by atoms with Gasteiger partial charge >= 0.3 is 0 Å². The smallest absolute Gasteiger partial charge is 0.254 e. The molecule has 7 heteroatoms. The van der Waals surface area contributed by atoms with E-state index >= 15 is 0 Å². The highest BCUT2D eigenvalue weighted by atomic mass is 32.2. The van der Waals surface area contributed by atoms with E-state index in [9.17, 15) is 9.59 Å². The lowest BCUT2D eigenvalue weighted by atomic mass is 10.2. The fraction of sp³-hybridized carbons (Fsp3) is 0.312. The number of rotatable bonds is 4. The SMILES string of the molecule is O=C(CN1CCSCC1)NN=Cc1coc2ccccc2c1=O. The van der Waals surface area contributed by atoms with Crippen molar-refractivity contribution >= 4 is 34.9 Å². The third-order valence-corrected chi connectivity index (χ3v) is 4.51. The number of hydrazone groups is 1. The molecule has 0 saturated carbocycles. The molecule has 1 aliphatic rings. The van der Waals surface area contributed by atoms with Crippen LogP contribution in [-0.2, 0) is 4.79 Å². The van der Waals surface area contributed by atoms with Crippen molar-refractivity contribution in [2.45, 2.75) is 0 Å². The lowest BCUT2D eigenvalue weighted by Gasteiger charge is -2.24. The molecule has 2 heterocycles. The molecule has 1 fully saturated rings. The Morgan fingerprint density at radius 3 is 2.96 bits per heavy atom. The number of carbonyl (C=O) groups is 1. The summed E-state index contributed by atoms with van der Waals surface area (Å²) >= 11 is 1.90. The molecular weight excluding hydrogens is 314 g/mol. The van der Waals surface area contributed by atoms with Crippen LogP contribution in [0.15, 0.2) is 44.8 Å². The van der Waals surface area contributed by atoms with Gasteiger partial charge in [-0.1, -0.05) is 12.1 Å². The fourth-order valence-corrected chi connectivity index (χ4v) is 3.33. The summed E-state index contributed by atoms with van der Waals surface area (Å²) < 4.78 is 5.39. The van der Waals surface area contributed by atoms with Crippen LogP contribution in [0.4, 0.5) is 0 Å². The van der Waals surface area contributed by atoms with Crippen LogP contribution >= 0.6 is 11.8 Å². The van der Waals surface area contributed by atoms with Crippen molar-refractivity contribution in [1.29, 1.82) is 0 Å². The van der Waals surface area contributed by atoms with Crippen molar-refractivity contribution < 1.29 is 9.21 Å². The van der Waals surface area contributed by atoms with Gasteiger partial charge in [0.25, 0.3) is 5.91 Å². The molecule has 1 aliphatic heterocycles. The van der Waals surface area contributed by atoms with Gasteiger partial charge in [-0.25, -0.2) is 5.43 Å². The van der Waals surface area contributed by atoms with Gasteiger partial charge < -0.3 is 4.42 Å². The summed E-state index contributed by atoms with van der Waals surface area (Å²) in [5, 5.41) is 4.35. The number of amides is 1. The molecule has 1 saturated heterocycles. The van der Waals surface area contributed by atoms with E-state index in [1.54, 1.807) is 24.3 Å². The molecule has 6 nitrogen and oxygen atoms in total. The molecule has 0 atom stereocenters. The fourth-order valence-electron chi connectivity index (χ4n) is 2.35. The van der Waals surface area contributed by atoms with Crippen molar-refractivity contribution in [1.82, 2.24) is 10.3 Å². The first-order valence-electron chi connectivity index (χ1n) is 7.36. The second-order valence-electron chi connectivity index (χ2n) is 5.20. The van der Waals surface area contributed by atoms with Crippen LogP contribution < -0.4 is 10.9 Å². The monoisotopic (exact) mass is 331 g/mol. The molecule has 120 valence electrons. The van der Waals surface area contributed by atoms with Gasteiger partial charge in [-0.15, -0.1) is 0 Å². The van der Waals surface area contributed by atoms with Crippen LogP contribution in [-0.4, -0.2) is 48.2 Å². The zero-order chi connectivity index (χ0) is 16.1. The first-order valence-corrected chi connectivity index (χ1v) is 8.52. The highest BCUT2D eigenvalue weighted by molar-refractivity contribution is 7.99. The van der Waals surface area contributed by atoms with E-state index in [1.165, 1.54) is 12.5 Å². The third-order valence-electron chi connectivity index (χ3n) is 3.57. The van der Waals surface area contributed by atoms with E-state index in [1.807, 2.05) is 11.8 Å². The minimum atomic E-state index is -0.182. The number of thioether (sulfide) groups is 1. The summed E-state index contributed by atoms with van der Waals surface area (Å²) in [6.45, 7) is 2.15. The van der Waals surface area contributed by atoms with Gasteiger partial charge in [0.2, 0.25) is 5.43 Å². The highest BCUT2D eigenvalue weighted by Gasteiger charge is 2.13. The van der Waals surface area contributed by atoms with Gasteiger partial charge in [0.15, 0.2) is 0 Å². The second-order valence-corrected chi connectivity index (χ2v) is 6.42. The van der Waals surface area contributed by atoms with Gasteiger partial charge in [-0.05, 0) is 12.1 Å². The van der Waals surface area contributed by atoms with Crippen LogP contribution in [0.5, 0.6) is 0 Å². The van der Waals surface area contributed by atoms with E-state index in [4.69, 9.17) is 4.42 Å². The number of para-hydroxylation sites is 1. The molecular formula is C16H17N3O3S. The first-order chi connectivity index (χ1) is 11.2. The molecule has 0 aliphatic carbocycles. The lowest BCUT2D eigenvalue weighted by molar-refractivity contribution is -0.122. The standard InChI is InChI=1S/C16H17N3O3S/c20-15(10-19-5-7-23-8-6-19)18-17-9-12-11-22-14-4-2-1-3-13(14)16(12)21/h1-4,9,11H,5-8,10H2,(H,18,20). The molecule has 1 N–H and O–H groups in total. The summed E-state index contributed by atoms with van der Waals surface area (Å²) in [5.74, 6) is 1.92. The Morgan fingerprint density at radius 2 is 2.13 bits per heavy atom. The van der Waals surface area contributed by atoms with Gasteiger partial charge in [-0.3, -0.25) is 14.5 Å². The Hall–Kier alpha value is -2.12. The average Bonchev–Trinajstić information content (AvgIpc) is 2.58. The summed E-state index contributed by atoms with van der Waals surface area (Å²) in [4.78, 5) is 26.2. The zero-order valence-electron chi connectivity index (χ0n) is 12.5. The third kappa shape index (κ3) is 4.00. The Balaban J connectivity index is 1.62. The van der Waals surface area contributed by atoms with Crippen molar-refractivity contribution in [2.75, 3.05) is 31.1 Å². The van der Waals surface area contributed by atoms with Crippen LogP contribution in [0.2, 0.25) is 0 Å². The van der Waals surface area contributed by atoms with E-state index in [0.717, 1.165) is 24.6 Å². The zero-order valence-corrected chi connectivity index (χ0v) is 13.3. The maximum Gasteiger partial charge on any atom is 0.254 e. The quantitative estimate of drug-likeness (QED) is 0.675. The van der Waals surface area contributed by atoms with Crippen LogP contribution in [0, 0.1) is 0 Å². The summed E-state index contributed by atoms with van der Waals surface area (Å²) in [7, 11) is 0. The van der Waals surface area contributed by atoms with Crippen molar-refractivity contribution in [2.24, 2.45) is 5.10 Å². The molecule has 1 amide bonds. The summed E-state index contributed by atoms with van der Waals surface area (Å²) in [5.41, 5.74) is 3.12. The van der Waals surface area contributed by atoms with E-state index in [2.05, 4.69) is 15.4 Å². The molecule has 1 aromatic carbocycles. The molecule has 3 rings (SSSR count). The van der Waals surface area contributed by atoms with Crippen molar-refractivity contribution in [3.63, 3.8) is 0 Å². The predicted molar refractivity (Wildman–Crippen MR) is 92.0 cm³/mol. The van der Waals surface area contributed by atoms with Crippen LogP contribution in [0.1, 0.15) is 5.56 Å². The number of fused-ring (bicyclic) bond motifs is 1. The summed E-state index contributed by atoms with van der Waals surface area (Å²) in [6, 6.07) is 7.01. The topological polar surface area (TPSA) is 74.9 Å². The van der Waals surface area contributed by atoms with E-state index in [-0.39, 0.29) is 11.3 Å². The molecule has 23 heavy (non-hydrogen) atoms. The van der Waals surface area contributed by atoms with Gasteiger partial charge in [0, 0.05) is 24.6 Å². The van der Waals surface area contributed by atoms with Gasteiger partial charge in [-0.2, -0.15) is 16.9 Å². The molecule has 0 radical (unpaired) electrons. The Kier molecular flexibility index (Phi) is 5.09. The largest absolute Gasteiger partial charge is 0.463 e. The maximum atomic E-state index is 12.2. The van der Waals surface area contributed by atoms with E-state index in [0.29, 0.717) is 23.1 Å². The number of carbonyl (C=O) groups excluding carboxylic acids is 1. The van der Waals surface area contributed by atoms with Crippen molar-refractivity contribution in [3.05, 3.63) is 46.3 Å². The van der Waals surface area contributed by atoms with Crippen molar-refractivity contribution in [3.8, 4) is 0 Å². The maximum absolute atomic E-state index is 12.2. The Labute approximate surface area is 137 Å².